The molecule has 0 saturated carbocycles. The van der Waals surface area contributed by atoms with Gasteiger partial charge in [-0.2, -0.15) is 17.0 Å². The topological polar surface area (TPSA) is 66.4 Å². The summed E-state index contributed by atoms with van der Waals surface area (Å²) in [6.07, 6.45) is 3.43. The van der Waals surface area contributed by atoms with E-state index >= 15 is 0 Å². The SMILES string of the molecule is CN(C)S(=O)(=O)N1CC[C@H](Cc2cccc(-c3nccs3)n2)C1. The quantitative estimate of drug-likeness (QED) is 0.824. The fraction of sp³-hybridized carbons (Fsp3) is 0.467. The van der Waals surface area contributed by atoms with Crippen LogP contribution in [0.2, 0.25) is 0 Å². The van der Waals surface area contributed by atoms with Crippen molar-refractivity contribution in [1.82, 2.24) is 18.6 Å². The van der Waals surface area contributed by atoms with Crippen molar-refractivity contribution in [3.63, 3.8) is 0 Å². The summed E-state index contributed by atoms with van der Waals surface area (Å²) in [7, 11) is -0.165. The summed E-state index contributed by atoms with van der Waals surface area (Å²) in [4.78, 5) is 8.96. The fourth-order valence-electron chi connectivity index (χ4n) is 2.76. The van der Waals surface area contributed by atoms with Crippen LogP contribution in [0, 0.1) is 5.92 Å². The first kappa shape index (κ1) is 16.5. The molecule has 0 bridgehead atoms. The van der Waals surface area contributed by atoms with Crippen LogP contribution in [0.1, 0.15) is 12.1 Å². The molecule has 3 rings (SSSR count). The van der Waals surface area contributed by atoms with Crippen molar-refractivity contribution in [1.29, 1.82) is 0 Å². The third kappa shape index (κ3) is 3.60. The third-order valence-electron chi connectivity index (χ3n) is 3.99. The molecule has 2 aromatic heterocycles. The number of nitrogens with zero attached hydrogens (tertiary/aromatic N) is 4. The summed E-state index contributed by atoms with van der Waals surface area (Å²) < 4.78 is 27.2. The zero-order valence-electron chi connectivity index (χ0n) is 13.2. The molecular weight excluding hydrogens is 332 g/mol. The van der Waals surface area contributed by atoms with Gasteiger partial charge >= 0.3 is 0 Å². The van der Waals surface area contributed by atoms with Crippen LogP contribution in [0.25, 0.3) is 10.7 Å². The molecule has 1 aliphatic heterocycles. The van der Waals surface area contributed by atoms with Gasteiger partial charge in [0.05, 0.1) is 5.69 Å². The summed E-state index contributed by atoms with van der Waals surface area (Å²) >= 11 is 1.57. The Labute approximate surface area is 141 Å². The number of rotatable bonds is 5. The lowest BCUT2D eigenvalue weighted by atomic mass is 10.0. The Morgan fingerprint density at radius 2 is 2.22 bits per heavy atom. The van der Waals surface area contributed by atoms with Crippen molar-refractivity contribution in [2.24, 2.45) is 5.92 Å². The van der Waals surface area contributed by atoms with Gasteiger partial charge in [0.15, 0.2) is 0 Å². The minimum Gasteiger partial charge on any atom is -0.250 e. The summed E-state index contributed by atoms with van der Waals surface area (Å²) in [5, 5.41) is 2.85. The van der Waals surface area contributed by atoms with E-state index in [1.807, 2.05) is 23.6 Å². The van der Waals surface area contributed by atoms with Crippen LogP contribution in [0.5, 0.6) is 0 Å². The van der Waals surface area contributed by atoms with Crippen molar-refractivity contribution < 1.29 is 8.42 Å². The number of hydrogen-bond donors (Lipinski definition) is 0. The minimum absolute atomic E-state index is 0.309. The Kier molecular flexibility index (Phi) is 4.77. The van der Waals surface area contributed by atoms with Crippen LogP contribution in [0.4, 0.5) is 0 Å². The molecule has 8 heteroatoms. The Hall–Kier alpha value is -1.35. The predicted octanol–water partition coefficient (Wildman–Crippen LogP) is 1.88. The number of aromatic nitrogens is 2. The van der Waals surface area contributed by atoms with Crippen LogP contribution >= 0.6 is 11.3 Å². The van der Waals surface area contributed by atoms with E-state index in [2.05, 4.69) is 9.97 Å². The molecule has 1 aliphatic rings. The van der Waals surface area contributed by atoms with Crippen molar-refractivity contribution in [2.75, 3.05) is 27.2 Å². The molecule has 1 saturated heterocycles. The second-order valence-corrected chi connectivity index (χ2v) is 8.90. The van der Waals surface area contributed by atoms with E-state index in [1.165, 1.54) is 4.31 Å². The molecule has 0 aromatic carbocycles. The average Bonchev–Trinajstić information content (AvgIpc) is 3.19. The molecule has 6 nitrogen and oxygen atoms in total. The van der Waals surface area contributed by atoms with Gasteiger partial charge < -0.3 is 0 Å². The number of thiazole rings is 1. The van der Waals surface area contributed by atoms with Gasteiger partial charge in [-0.15, -0.1) is 11.3 Å². The highest BCUT2D eigenvalue weighted by atomic mass is 32.2. The Bertz CT molecular complexity index is 760. The van der Waals surface area contributed by atoms with Gasteiger partial charge in [-0.3, -0.25) is 4.98 Å². The Morgan fingerprint density at radius 3 is 2.91 bits per heavy atom. The van der Waals surface area contributed by atoms with Gasteiger partial charge in [-0.1, -0.05) is 6.07 Å². The van der Waals surface area contributed by atoms with E-state index in [-0.39, 0.29) is 0 Å². The molecule has 1 fully saturated rings. The predicted molar refractivity (Wildman–Crippen MR) is 91.3 cm³/mol. The maximum atomic E-state index is 12.2. The normalized spacial score (nSPS) is 19.5. The lowest BCUT2D eigenvalue weighted by molar-refractivity contribution is 0.409. The van der Waals surface area contributed by atoms with Crippen molar-refractivity contribution >= 4 is 21.5 Å². The van der Waals surface area contributed by atoms with Crippen molar-refractivity contribution in [3.8, 4) is 10.7 Å². The fourth-order valence-corrected chi connectivity index (χ4v) is 4.57. The van der Waals surface area contributed by atoms with Crippen LogP contribution in [0.3, 0.4) is 0 Å². The van der Waals surface area contributed by atoms with Crippen LogP contribution < -0.4 is 0 Å². The highest BCUT2D eigenvalue weighted by Crippen LogP contribution is 2.25. The maximum Gasteiger partial charge on any atom is 0.281 e. The summed E-state index contributed by atoms with van der Waals surface area (Å²) in [6.45, 7) is 1.14. The maximum absolute atomic E-state index is 12.2. The van der Waals surface area contributed by atoms with Crippen molar-refractivity contribution in [3.05, 3.63) is 35.5 Å². The van der Waals surface area contributed by atoms with E-state index in [9.17, 15) is 8.42 Å². The van der Waals surface area contributed by atoms with E-state index in [0.29, 0.717) is 19.0 Å². The minimum atomic E-state index is -3.31. The molecule has 124 valence electrons. The number of hydrogen-bond acceptors (Lipinski definition) is 5. The summed E-state index contributed by atoms with van der Waals surface area (Å²) in [6, 6.07) is 5.95. The summed E-state index contributed by atoms with van der Waals surface area (Å²) in [5.74, 6) is 0.309. The molecular formula is C15H20N4O2S2. The smallest absolute Gasteiger partial charge is 0.250 e. The standard InChI is InChI=1S/C15H20N4O2S2/c1-18(2)23(20,21)19-8-6-12(11-19)10-13-4-3-5-14(17-13)15-16-7-9-22-15/h3-5,7,9,12H,6,8,10-11H2,1-2H3/t12-/m1/s1. The molecule has 0 spiro atoms. The lowest BCUT2D eigenvalue weighted by Gasteiger charge is -2.20. The van der Waals surface area contributed by atoms with Gasteiger partial charge in [0.25, 0.3) is 10.2 Å². The molecule has 0 N–H and O–H groups in total. The summed E-state index contributed by atoms with van der Waals surface area (Å²) in [5.41, 5.74) is 1.88. The largest absolute Gasteiger partial charge is 0.281 e. The molecule has 2 aromatic rings. The van der Waals surface area contributed by atoms with Gasteiger partial charge in [0.1, 0.15) is 5.01 Å². The first-order valence-corrected chi connectivity index (χ1v) is 9.78. The van der Waals surface area contributed by atoms with E-state index in [4.69, 9.17) is 0 Å². The van der Waals surface area contributed by atoms with Gasteiger partial charge in [0.2, 0.25) is 0 Å². The highest BCUT2D eigenvalue weighted by Gasteiger charge is 2.32. The Balaban J connectivity index is 1.68. The molecule has 3 heterocycles. The van der Waals surface area contributed by atoms with Crippen LogP contribution in [0.15, 0.2) is 29.8 Å². The van der Waals surface area contributed by atoms with Gasteiger partial charge in [-0.25, -0.2) is 4.98 Å². The van der Waals surface area contributed by atoms with Crippen LogP contribution in [-0.4, -0.2) is 54.2 Å². The van der Waals surface area contributed by atoms with Gasteiger partial charge in [0, 0.05) is 44.5 Å². The molecule has 0 radical (unpaired) electrons. The van der Waals surface area contributed by atoms with Crippen LogP contribution in [-0.2, 0) is 16.6 Å². The second kappa shape index (κ2) is 6.64. The second-order valence-electron chi connectivity index (χ2n) is 5.86. The molecule has 0 aliphatic carbocycles. The zero-order chi connectivity index (χ0) is 16.4. The Morgan fingerprint density at radius 1 is 1.39 bits per heavy atom. The molecule has 1 atom stereocenters. The average molecular weight is 352 g/mol. The lowest BCUT2D eigenvalue weighted by Crippen LogP contribution is -2.38. The third-order valence-corrected chi connectivity index (χ3v) is 6.70. The zero-order valence-corrected chi connectivity index (χ0v) is 14.8. The monoisotopic (exact) mass is 352 g/mol. The van der Waals surface area contributed by atoms with E-state index in [1.54, 1.807) is 35.9 Å². The first-order valence-electron chi connectivity index (χ1n) is 7.50. The molecule has 23 heavy (non-hydrogen) atoms. The molecule has 0 unspecified atom stereocenters. The number of pyridine rings is 1. The highest BCUT2D eigenvalue weighted by molar-refractivity contribution is 7.86. The van der Waals surface area contributed by atoms with E-state index < -0.39 is 10.2 Å². The van der Waals surface area contributed by atoms with Crippen molar-refractivity contribution in [2.45, 2.75) is 12.8 Å². The van der Waals surface area contributed by atoms with Gasteiger partial charge in [-0.05, 0) is 30.9 Å². The molecule has 0 amide bonds. The van der Waals surface area contributed by atoms with E-state index in [0.717, 1.165) is 29.2 Å². The first-order chi connectivity index (χ1) is 11.0.